The highest BCUT2D eigenvalue weighted by atomic mass is 16.1. The summed E-state index contributed by atoms with van der Waals surface area (Å²) in [6.07, 6.45) is 1.76. The van der Waals surface area contributed by atoms with Crippen LogP contribution in [0.2, 0.25) is 0 Å². The van der Waals surface area contributed by atoms with Crippen LogP contribution in [0.15, 0.2) is 0 Å². The Balaban J connectivity index is 0. The number of hydrogen-bond donors (Lipinski definition) is 2. The van der Waals surface area contributed by atoms with E-state index in [1.807, 2.05) is 13.8 Å². The van der Waals surface area contributed by atoms with Crippen LogP contribution in [0.5, 0.6) is 0 Å². The van der Waals surface area contributed by atoms with Gasteiger partial charge in [-0.25, -0.2) is 0 Å². The molecule has 0 radical (unpaired) electrons. The third kappa shape index (κ3) is 7.43. The topological polar surface area (TPSA) is 55.1 Å². The fraction of sp³-hybridized carbons (Fsp3) is 0.857. The van der Waals surface area contributed by atoms with E-state index in [2.05, 4.69) is 11.1 Å². The molecule has 0 spiro atoms. The predicted octanol–water partition coefficient (Wildman–Crippen LogP) is 0.497. The first-order chi connectivity index (χ1) is 4.89. The van der Waals surface area contributed by atoms with E-state index in [0.717, 1.165) is 19.4 Å². The van der Waals surface area contributed by atoms with Gasteiger partial charge in [0.1, 0.15) is 0 Å². The van der Waals surface area contributed by atoms with Gasteiger partial charge in [-0.1, -0.05) is 13.8 Å². The first kappa shape index (κ1) is 12.1. The molecule has 1 fully saturated rings. The predicted molar refractivity (Wildman–Crippen MR) is 43.7 cm³/mol. The molecule has 0 unspecified atom stereocenters. The molecule has 1 aliphatic rings. The molecule has 1 saturated heterocycles. The molecule has 10 heavy (non-hydrogen) atoms. The van der Waals surface area contributed by atoms with E-state index >= 15 is 0 Å². The number of amides is 1. The molecule has 3 N–H and O–H groups in total. The van der Waals surface area contributed by atoms with Crippen molar-refractivity contribution >= 4 is 5.91 Å². The lowest BCUT2D eigenvalue weighted by Crippen LogP contribution is -2.12. The summed E-state index contributed by atoms with van der Waals surface area (Å²) >= 11 is 0. The van der Waals surface area contributed by atoms with Crippen LogP contribution in [0.25, 0.3) is 0 Å². The van der Waals surface area contributed by atoms with Crippen LogP contribution in [-0.4, -0.2) is 19.5 Å². The van der Waals surface area contributed by atoms with Crippen molar-refractivity contribution in [3.63, 3.8) is 0 Å². The van der Waals surface area contributed by atoms with Gasteiger partial charge in [0.2, 0.25) is 5.91 Å². The van der Waals surface area contributed by atoms with Gasteiger partial charge in [0, 0.05) is 13.0 Å². The second kappa shape index (κ2) is 11.3. The van der Waals surface area contributed by atoms with E-state index in [9.17, 15) is 4.79 Å². The Labute approximate surface area is 63.0 Å². The normalized spacial score (nSPS) is 13.8. The van der Waals surface area contributed by atoms with Gasteiger partial charge in [0.15, 0.2) is 0 Å². The van der Waals surface area contributed by atoms with Crippen LogP contribution >= 0.6 is 0 Å². The van der Waals surface area contributed by atoms with E-state index in [-0.39, 0.29) is 5.91 Å². The molecule has 1 rings (SSSR count). The van der Waals surface area contributed by atoms with Crippen molar-refractivity contribution in [2.45, 2.75) is 26.7 Å². The molecule has 3 nitrogen and oxygen atoms in total. The van der Waals surface area contributed by atoms with E-state index in [1.54, 1.807) is 0 Å². The zero-order chi connectivity index (χ0) is 8.41. The number of hydrogen-bond acceptors (Lipinski definition) is 2. The zero-order valence-corrected chi connectivity index (χ0v) is 7.11. The maximum atomic E-state index is 10.1. The lowest BCUT2D eigenvalue weighted by atomic mass is 10.4. The summed E-state index contributed by atoms with van der Waals surface area (Å²) in [5.74, 6) is 0.204. The fourth-order valence-electron chi connectivity index (χ4n) is 0.565. The Bertz CT molecular complexity index is 66.0. The zero-order valence-electron chi connectivity index (χ0n) is 7.11. The maximum absolute atomic E-state index is 10.1. The molecule has 1 heterocycles. The quantitative estimate of drug-likeness (QED) is 0.523. The van der Waals surface area contributed by atoms with Gasteiger partial charge in [0.05, 0.1) is 0 Å². The van der Waals surface area contributed by atoms with Crippen molar-refractivity contribution in [1.29, 1.82) is 0 Å². The molecule has 0 aromatic heterocycles. The largest absolute Gasteiger partial charge is 0.356 e. The Kier molecular flexibility index (Phi) is 13.7. The molecule has 62 valence electrons. The Morgan fingerprint density at radius 1 is 1.40 bits per heavy atom. The van der Waals surface area contributed by atoms with Crippen molar-refractivity contribution < 1.29 is 4.79 Å². The molecule has 1 aliphatic heterocycles. The maximum Gasteiger partial charge on any atom is 0.220 e. The fourth-order valence-corrected chi connectivity index (χ4v) is 0.565. The number of rotatable bonds is 0. The molecule has 0 aliphatic carbocycles. The standard InChI is InChI=1S/C4H7NO.C2H6.CH5N/c6-4-2-1-3-5-4;2*1-2/h1-3H2,(H,5,6);1-2H3;2H2,1H3. The van der Waals surface area contributed by atoms with Crippen LogP contribution in [0.4, 0.5) is 0 Å². The van der Waals surface area contributed by atoms with Crippen molar-refractivity contribution in [2.75, 3.05) is 13.6 Å². The smallest absolute Gasteiger partial charge is 0.220 e. The monoisotopic (exact) mass is 146 g/mol. The van der Waals surface area contributed by atoms with Crippen LogP contribution in [0.3, 0.4) is 0 Å². The molecule has 0 saturated carbocycles. The first-order valence-corrected chi connectivity index (χ1v) is 3.74. The Morgan fingerprint density at radius 2 is 1.90 bits per heavy atom. The van der Waals surface area contributed by atoms with Gasteiger partial charge in [-0.05, 0) is 13.5 Å². The summed E-state index contributed by atoms with van der Waals surface area (Å²) in [5.41, 5.74) is 4.50. The average molecular weight is 146 g/mol. The van der Waals surface area contributed by atoms with Crippen molar-refractivity contribution in [1.82, 2.24) is 5.32 Å². The Hall–Kier alpha value is -0.570. The van der Waals surface area contributed by atoms with Gasteiger partial charge in [-0.2, -0.15) is 0 Å². The molecule has 0 aromatic rings. The van der Waals surface area contributed by atoms with Gasteiger partial charge >= 0.3 is 0 Å². The lowest BCUT2D eigenvalue weighted by Gasteiger charge is -1.80. The van der Waals surface area contributed by atoms with Gasteiger partial charge < -0.3 is 11.1 Å². The molecule has 0 bridgehead atoms. The highest BCUT2D eigenvalue weighted by Gasteiger charge is 2.05. The number of carbonyl (C=O) groups is 1. The molecule has 0 aromatic carbocycles. The Morgan fingerprint density at radius 3 is 2.00 bits per heavy atom. The summed E-state index contributed by atoms with van der Waals surface area (Å²) in [6.45, 7) is 4.89. The van der Waals surface area contributed by atoms with E-state index in [4.69, 9.17) is 0 Å². The second-order valence-corrected chi connectivity index (χ2v) is 1.45. The van der Waals surface area contributed by atoms with Crippen molar-refractivity contribution in [2.24, 2.45) is 5.73 Å². The molecular weight excluding hydrogens is 128 g/mol. The summed E-state index contributed by atoms with van der Waals surface area (Å²) in [4.78, 5) is 10.1. The van der Waals surface area contributed by atoms with Gasteiger partial charge in [-0.15, -0.1) is 0 Å². The van der Waals surface area contributed by atoms with Gasteiger partial charge in [0.25, 0.3) is 0 Å². The van der Waals surface area contributed by atoms with Crippen LogP contribution in [0.1, 0.15) is 26.7 Å². The summed E-state index contributed by atoms with van der Waals surface area (Å²) in [6, 6.07) is 0. The van der Waals surface area contributed by atoms with Gasteiger partial charge in [-0.3, -0.25) is 4.79 Å². The summed E-state index contributed by atoms with van der Waals surface area (Å²) in [7, 11) is 1.50. The number of nitrogens with one attached hydrogen (secondary N) is 1. The van der Waals surface area contributed by atoms with Crippen LogP contribution in [-0.2, 0) is 4.79 Å². The molecule has 0 atom stereocenters. The third-order valence-corrected chi connectivity index (χ3v) is 0.903. The minimum absolute atomic E-state index is 0.204. The number of carbonyl (C=O) groups excluding carboxylic acids is 1. The van der Waals surface area contributed by atoms with Crippen LogP contribution in [0, 0.1) is 0 Å². The second-order valence-electron chi connectivity index (χ2n) is 1.45. The number of nitrogens with two attached hydrogens (primary N) is 1. The van der Waals surface area contributed by atoms with Crippen molar-refractivity contribution in [3.8, 4) is 0 Å². The first-order valence-electron chi connectivity index (χ1n) is 3.74. The minimum Gasteiger partial charge on any atom is -0.356 e. The molecule has 1 amide bonds. The minimum atomic E-state index is 0.204. The summed E-state index contributed by atoms with van der Waals surface area (Å²) < 4.78 is 0. The van der Waals surface area contributed by atoms with E-state index < -0.39 is 0 Å². The highest BCUT2D eigenvalue weighted by molar-refractivity contribution is 5.77. The highest BCUT2D eigenvalue weighted by Crippen LogP contribution is 1.93. The SMILES string of the molecule is CC.CN.O=C1CCCN1. The van der Waals surface area contributed by atoms with E-state index in [0.29, 0.717) is 0 Å². The van der Waals surface area contributed by atoms with E-state index in [1.165, 1.54) is 7.05 Å². The summed E-state index contributed by atoms with van der Waals surface area (Å²) in [5, 5.41) is 2.68. The molecule has 3 heteroatoms. The lowest BCUT2D eigenvalue weighted by molar-refractivity contribution is -0.119. The average Bonchev–Trinajstić information content (AvgIpc) is 2.48. The third-order valence-electron chi connectivity index (χ3n) is 0.903. The van der Waals surface area contributed by atoms with Crippen molar-refractivity contribution in [3.05, 3.63) is 0 Å². The van der Waals surface area contributed by atoms with Crippen LogP contribution < -0.4 is 11.1 Å². The molecular formula is C7H18N2O.